The first-order valence-electron chi connectivity index (χ1n) is 14.0. The van der Waals surface area contributed by atoms with Crippen molar-refractivity contribution in [3.05, 3.63) is 115 Å². The first kappa shape index (κ1) is 20.1. The Hall–Kier alpha value is -5.89. The van der Waals surface area contributed by atoms with Crippen LogP contribution in [-0.2, 0) is 5.66 Å². The molecule has 0 amide bonds. The van der Waals surface area contributed by atoms with E-state index in [0.717, 1.165) is 72.6 Å². The predicted molar refractivity (Wildman–Crippen MR) is 156 cm³/mol. The summed E-state index contributed by atoms with van der Waals surface area (Å²) in [4.78, 5) is 14.6. The van der Waals surface area contributed by atoms with Gasteiger partial charge in [-0.3, -0.25) is 4.98 Å². The minimum Gasteiger partial charge on any atom is -0.456 e. The maximum Gasteiger partial charge on any atom is 0.321 e. The Labute approximate surface area is 235 Å². The van der Waals surface area contributed by atoms with Gasteiger partial charge in [-0.1, -0.05) is 18.2 Å². The van der Waals surface area contributed by atoms with Crippen LogP contribution in [0.3, 0.4) is 0 Å². The standard InChI is InChI=1S/C34H17N7O/c1-2-6-22-18(5-1)19-8-10-24-27-31(19)40(22)26-7-3-4-15-38(26)34(27)28-25(42-24)11-9-20-29-30(37-13-12-36-29)23-17-21-33(41(23)32(20)28)39(34)16-14-35-21/h1-17H/q+2. The molecule has 1 unspecified atom stereocenters. The first-order chi connectivity index (χ1) is 20.9. The fourth-order valence-corrected chi connectivity index (χ4v) is 8.30. The molecule has 8 heteroatoms. The molecule has 0 N–H and O–H groups in total. The summed E-state index contributed by atoms with van der Waals surface area (Å²) in [5.41, 5.74) is 9.51. The van der Waals surface area contributed by atoms with Gasteiger partial charge in [-0.05, 0) is 42.5 Å². The van der Waals surface area contributed by atoms with Gasteiger partial charge < -0.3 is 4.74 Å². The number of aromatic nitrogens is 7. The van der Waals surface area contributed by atoms with E-state index in [2.05, 4.69) is 103 Å². The van der Waals surface area contributed by atoms with Gasteiger partial charge in [0.1, 0.15) is 45.4 Å². The molecule has 8 nitrogen and oxygen atoms in total. The normalized spacial score (nSPS) is 17.3. The van der Waals surface area contributed by atoms with Crippen LogP contribution in [0.5, 0.6) is 11.5 Å². The quantitative estimate of drug-likeness (QED) is 0.194. The molecule has 1 atom stereocenters. The summed E-state index contributed by atoms with van der Waals surface area (Å²) in [5, 5.41) is 3.47. The lowest BCUT2D eigenvalue weighted by Crippen LogP contribution is -2.78. The molecule has 0 fully saturated rings. The molecule has 12 rings (SSSR count). The number of nitrogens with zero attached hydrogens (tertiary/aromatic N) is 7. The lowest BCUT2D eigenvalue weighted by molar-refractivity contribution is -0.960. The van der Waals surface area contributed by atoms with Crippen LogP contribution in [0.15, 0.2) is 104 Å². The fourth-order valence-electron chi connectivity index (χ4n) is 8.30. The van der Waals surface area contributed by atoms with Crippen molar-refractivity contribution in [1.82, 2.24) is 23.9 Å². The van der Waals surface area contributed by atoms with E-state index in [9.17, 15) is 0 Å². The molecule has 192 valence electrons. The molecule has 42 heavy (non-hydrogen) atoms. The molecule has 0 bridgehead atoms. The van der Waals surface area contributed by atoms with Crippen molar-refractivity contribution in [1.29, 1.82) is 0 Å². The van der Waals surface area contributed by atoms with Crippen molar-refractivity contribution in [3.8, 4) is 17.3 Å². The van der Waals surface area contributed by atoms with Gasteiger partial charge in [0.05, 0.1) is 17.8 Å². The highest BCUT2D eigenvalue weighted by atomic mass is 16.5. The third-order valence-corrected chi connectivity index (χ3v) is 9.65. The molecular formula is C34H17N7O+2. The van der Waals surface area contributed by atoms with Gasteiger partial charge in [0, 0.05) is 35.3 Å². The number of pyridine rings is 2. The molecule has 3 aliphatic rings. The Morgan fingerprint density at radius 3 is 2.38 bits per heavy atom. The average Bonchev–Trinajstić information content (AvgIpc) is 3.61. The first-order valence-corrected chi connectivity index (χ1v) is 14.0. The summed E-state index contributed by atoms with van der Waals surface area (Å²) < 4.78 is 16.4. The zero-order valence-electron chi connectivity index (χ0n) is 21.9. The number of para-hydroxylation sites is 1. The number of hydrogen-bond donors (Lipinski definition) is 0. The predicted octanol–water partition coefficient (Wildman–Crippen LogP) is 5.29. The van der Waals surface area contributed by atoms with E-state index < -0.39 is 5.66 Å². The van der Waals surface area contributed by atoms with Crippen LogP contribution in [-0.4, -0.2) is 23.9 Å². The summed E-state index contributed by atoms with van der Waals surface area (Å²) in [6.07, 6.45) is 9.79. The third-order valence-electron chi connectivity index (χ3n) is 9.65. The zero-order valence-corrected chi connectivity index (χ0v) is 21.9. The summed E-state index contributed by atoms with van der Waals surface area (Å²) in [6, 6.07) is 25.9. The van der Waals surface area contributed by atoms with Gasteiger partial charge in [-0.15, -0.1) is 0 Å². The Morgan fingerprint density at radius 1 is 0.643 bits per heavy atom. The van der Waals surface area contributed by atoms with Crippen molar-refractivity contribution in [3.63, 3.8) is 0 Å². The summed E-state index contributed by atoms with van der Waals surface area (Å²) in [7, 11) is 0. The highest BCUT2D eigenvalue weighted by molar-refractivity contribution is 6.15. The van der Waals surface area contributed by atoms with E-state index in [1.54, 1.807) is 12.4 Å². The fraction of sp³-hybridized carbons (Fsp3) is 0.0294. The topological polar surface area (TPSA) is 65.0 Å². The molecule has 6 aromatic heterocycles. The number of rotatable bonds is 0. The van der Waals surface area contributed by atoms with Crippen molar-refractivity contribution in [2.24, 2.45) is 0 Å². The Bertz CT molecular complexity index is 2790. The van der Waals surface area contributed by atoms with E-state index >= 15 is 0 Å². The molecule has 9 aromatic rings. The maximum atomic E-state index is 6.89. The van der Waals surface area contributed by atoms with Gasteiger partial charge in [0.15, 0.2) is 22.1 Å². The van der Waals surface area contributed by atoms with E-state index in [1.165, 1.54) is 16.3 Å². The largest absolute Gasteiger partial charge is 0.456 e. The average molecular weight is 540 g/mol. The van der Waals surface area contributed by atoms with E-state index in [0.29, 0.717) is 0 Å². The van der Waals surface area contributed by atoms with Crippen LogP contribution in [0.4, 0.5) is 0 Å². The molecule has 1 spiro atoms. The van der Waals surface area contributed by atoms with Crippen LogP contribution in [0, 0.1) is 0 Å². The highest BCUT2D eigenvalue weighted by Crippen LogP contribution is 2.55. The van der Waals surface area contributed by atoms with Crippen molar-refractivity contribution < 1.29 is 13.9 Å². The molecule has 0 saturated carbocycles. The molecule has 0 radical (unpaired) electrons. The minimum absolute atomic E-state index is 0.777. The lowest BCUT2D eigenvalue weighted by atomic mass is 9.81. The van der Waals surface area contributed by atoms with E-state index in [-0.39, 0.29) is 0 Å². The highest BCUT2D eigenvalue weighted by Gasteiger charge is 2.63. The van der Waals surface area contributed by atoms with E-state index in [4.69, 9.17) is 19.7 Å². The van der Waals surface area contributed by atoms with Crippen LogP contribution in [0.1, 0.15) is 11.1 Å². The van der Waals surface area contributed by atoms with Gasteiger partial charge in [0.2, 0.25) is 0 Å². The molecular weight excluding hydrogens is 522 g/mol. The Balaban J connectivity index is 1.46. The van der Waals surface area contributed by atoms with Gasteiger partial charge in [-0.25, -0.2) is 9.97 Å². The van der Waals surface area contributed by atoms with Crippen molar-refractivity contribution >= 4 is 60.4 Å². The molecule has 9 heterocycles. The SMILES string of the molecule is c1cc[n+]2c(c1)-n1c3ccccc3c3ccc4c(c31)C21c2c(ccc3c5nccnc5c5cc6ncc[n+]1c6n5c23)O4. The van der Waals surface area contributed by atoms with Crippen molar-refractivity contribution in [2.75, 3.05) is 0 Å². The molecule has 0 aliphatic carbocycles. The third kappa shape index (κ3) is 1.83. The smallest absolute Gasteiger partial charge is 0.321 e. The zero-order chi connectivity index (χ0) is 26.9. The van der Waals surface area contributed by atoms with Crippen molar-refractivity contribution in [2.45, 2.75) is 5.66 Å². The van der Waals surface area contributed by atoms with Gasteiger partial charge in [0.25, 0.3) is 5.82 Å². The van der Waals surface area contributed by atoms with Gasteiger partial charge in [-0.2, -0.15) is 18.1 Å². The molecule has 3 aromatic carbocycles. The van der Waals surface area contributed by atoms with Crippen LogP contribution < -0.4 is 13.9 Å². The lowest BCUT2D eigenvalue weighted by Gasteiger charge is -2.40. The number of fused-ring (bicyclic) bond motifs is 8. The molecule has 0 saturated heterocycles. The summed E-state index contributed by atoms with van der Waals surface area (Å²) >= 11 is 0. The molecule has 3 aliphatic heterocycles. The summed E-state index contributed by atoms with van der Waals surface area (Å²) in [5.74, 6) is 2.78. The van der Waals surface area contributed by atoms with Crippen LogP contribution in [0.25, 0.3) is 66.2 Å². The van der Waals surface area contributed by atoms with E-state index in [1.807, 2.05) is 6.20 Å². The minimum atomic E-state index is -0.777. The van der Waals surface area contributed by atoms with Crippen LogP contribution in [0.2, 0.25) is 0 Å². The number of hydrogen-bond acceptors (Lipinski definition) is 4. The summed E-state index contributed by atoms with van der Waals surface area (Å²) in [6.45, 7) is 0. The second-order valence-corrected chi connectivity index (χ2v) is 11.4. The number of ether oxygens (including phenoxy) is 1. The Kier molecular flexibility index (Phi) is 2.97. The van der Waals surface area contributed by atoms with Crippen LogP contribution >= 0.6 is 0 Å². The van der Waals surface area contributed by atoms with Gasteiger partial charge >= 0.3 is 11.3 Å². The monoisotopic (exact) mass is 539 g/mol. The second kappa shape index (κ2) is 6.21. The maximum absolute atomic E-state index is 6.89. The second-order valence-electron chi connectivity index (χ2n) is 11.4. The number of benzene rings is 3. The Morgan fingerprint density at radius 2 is 1.45 bits per heavy atom.